The molecule has 2 N–H and O–H groups in total. The van der Waals surface area contributed by atoms with Crippen LogP contribution in [0.3, 0.4) is 0 Å². The lowest BCUT2D eigenvalue weighted by Gasteiger charge is -2.34. The normalized spacial score (nSPS) is 22.6. The van der Waals surface area contributed by atoms with E-state index in [0.29, 0.717) is 11.7 Å². The van der Waals surface area contributed by atoms with Crippen molar-refractivity contribution in [2.75, 3.05) is 7.05 Å². The van der Waals surface area contributed by atoms with Gasteiger partial charge >= 0.3 is 0 Å². The molecule has 0 saturated carbocycles. The van der Waals surface area contributed by atoms with Crippen molar-refractivity contribution in [1.82, 2.24) is 5.01 Å². The van der Waals surface area contributed by atoms with Crippen molar-refractivity contribution in [3.8, 4) is 0 Å². The predicted octanol–water partition coefficient (Wildman–Crippen LogP) is 0.470. The Morgan fingerprint density at radius 2 is 2.18 bits per heavy atom. The molecule has 1 aliphatic rings. The van der Waals surface area contributed by atoms with Gasteiger partial charge in [0.2, 0.25) is 5.88 Å². The fourth-order valence-corrected chi connectivity index (χ4v) is 0.751. The number of hydrogen-bond acceptors (Lipinski definition) is 4. The number of ether oxygens (including phenoxy) is 1. The van der Waals surface area contributed by atoms with E-state index >= 15 is 0 Å². The summed E-state index contributed by atoms with van der Waals surface area (Å²) in [6, 6.07) is 0. The summed E-state index contributed by atoms with van der Waals surface area (Å²) in [7, 11) is 1.74. The summed E-state index contributed by atoms with van der Waals surface area (Å²) in [4.78, 5) is 0. The lowest BCUT2D eigenvalue weighted by atomic mass is 10.1. The highest BCUT2D eigenvalue weighted by molar-refractivity contribution is 5.88. The minimum atomic E-state index is -0.524. The largest absolute Gasteiger partial charge is 0.464 e. The van der Waals surface area contributed by atoms with E-state index in [4.69, 9.17) is 10.5 Å². The fourth-order valence-electron chi connectivity index (χ4n) is 0.751. The Morgan fingerprint density at radius 1 is 1.64 bits per heavy atom. The molecular formula is C7H13N3O. The predicted molar refractivity (Wildman–Crippen MR) is 43.7 cm³/mol. The molecule has 4 heteroatoms. The van der Waals surface area contributed by atoms with E-state index < -0.39 is 5.60 Å². The third-order valence-corrected chi connectivity index (χ3v) is 1.61. The fraction of sp³-hybridized carbons (Fsp3) is 0.571. The van der Waals surface area contributed by atoms with E-state index in [-0.39, 0.29) is 0 Å². The van der Waals surface area contributed by atoms with E-state index in [1.165, 1.54) is 5.01 Å². The van der Waals surface area contributed by atoms with Crippen molar-refractivity contribution in [1.29, 1.82) is 0 Å². The lowest BCUT2D eigenvalue weighted by molar-refractivity contribution is 0.0255. The molecule has 4 nitrogen and oxygen atoms in total. The number of hydrogen-bond donors (Lipinski definition) is 1. The molecule has 0 aromatic rings. The van der Waals surface area contributed by atoms with Crippen LogP contribution in [0, 0.1) is 0 Å². The smallest absolute Gasteiger partial charge is 0.203 e. The first-order valence-corrected chi connectivity index (χ1v) is 3.39. The number of nitrogens with two attached hydrogens (primary N) is 1. The van der Waals surface area contributed by atoms with Crippen molar-refractivity contribution in [3.05, 3.63) is 12.5 Å². The Hall–Kier alpha value is -1.19. The Kier molecular flexibility index (Phi) is 1.55. The van der Waals surface area contributed by atoms with Gasteiger partial charge in [-0.25, -0.2) is 5.01 Å². The van der Waals surface area contributed by atoms with Gasteiger partial charge in [-0.1, -0.05) is 0 Å². The zero-order chi connectivity index (χ0) is 8.65. The molecule has 0 saturated heterocycles. The number of amidine groups is 1. The Bertz CT molecular complexity index is 220. The van der Waals surface area contributed by atoms with Crippen LogP contribution in [-0.4, -0.2) is 23.5 Å². The quantitative estimate of drug-likeness (QED) is 0.553. The minimum Gasteiger partial charge on any atom is -0.464 e. The van der Waals surface area contributed by atoms with E-state index in [1.807, 2.05) is 13.8 Å². The van der Waals surface area contributed by atoms with Gasteiger partial charge in [-0.2, -0.15) is 5.10 Å². The maximum absolute atomic E-state index is 5.61. The first-order chi connectivity index (χ1) is 4.93. The summed E-state index contributed by atoms with van der Waals surface area (Å²) in [5, 5.41) is 5.53. The molecule has 0 unspecified atom stereocenters. The molecule has 0 aromatic heterocycles. The van der Waals surface area contributed by atoms with Crippen molar-refractivity contribution in [3.63, 3.8) is 0 Å². The summed E-state index contributed by atoms with van der Waals surface area (Å²) in [5.41, 5.74) is 5.08. The van der Waals surface area contributed by atoms with Crippen molar-refractivity contribution in [2.24, 2.45) is 10.8 Å². The van der Waals surface area contributed by atoms with Gasteiger partial charge in [-0.3, -0.25) is 0 Å². The second kappa shape index (κ2) is 2.15. The van der Waals surface area contributed by atoms with Crippen LogP contribution in [0.15, 0.2) is 17.6 Å². The summed E-state index contributed by atoms with van der Waals surface area (Å²) in [6.45, 7) is 7.37. The van der Waals surface area contributed by atoms with Crippen LogP contribution in [-0.2, 0) is 4.74 Å². The van der Waals surface area contributed by atoms with Crippen LogP contribution in [0.4, 0.5) is 0 Å². The second-order valence-corrected chi connectivity index (χ2v) is 3.01. The zero-order valence-corrected chi connectivity index (χ0v) is 7.09. The number of hydrazone groups is 1. The highest BCUT2D eigenvalue weighted by Crippen LogP contribution is 2.20. The average molecular weight is 155 g/mol. The van der Waals surface area contributed by atoms with Crippen LogP contribution in [0.5, 0.6) is 0 Å². The maximum Gasteiger partial charge on any atom is 0.203 e. The lowest BCUT2D eigenvalue weighted by Crippen LogP contribution is -2.46. The summed E-state index contributed by atoms with van der Waals surface area (Å²) in [6.07, 6.45) is 0. The van der Waals surface area contributed by atoms with Crippen molar-refractivity contribution < 1.29 is 4.74 Å². The molecule has 0 bridgehead atoms. The standard InChI is InChI=1S/C7H13N3O/c1-5-10(4)9-6(8)7(2,3)11-5/h1H2,2-4H3,(H2,8,9). The van der Waals surface area contributed by atoms with E-state index in [0.717, 1.165) is 0 Å². The molecule has 0 spiro atoms. The topological polar surface area (TPSA) is 50.9 Å². The first kappa shape index (κ1) is 7.91. The van der Waals surface area contributed by atoms with Gasteiger partial charge in [-0.15, -0.1) is 0 Å². The van der Waals surface area contributed by atoms with Gasteiger partial charge in [0, 0.05) is 7.05 Å². The molecule has 1 heterocycles. The van der Waals surface area contributed by atoms with Crippen LogP contribution in [0.2, 0.25) is 0 Å². The van der Waals surface area contributed by atoms with Gasteiger partial charge < -0.3 is 10.5 Å². The molecule has 0 atom stereocenters. The number of rotatable bonds is 0. The van der Waals surface area contributed by atoms with Crippen LogP contribution in [0.1, 0.15) is 13.8 Å². The maximum atomic E-state index is 5.61. The summed E-state index contributed by atoms with van der Waals surface area (Å²) in [5.74, 6) is 0.983. The van der Waals surface area contributed by atoms with Gasteiger partial charge in [0.25, 0.3) is 0 Å². The van der Waals surface area contributed by atoms with Crippen LogP contribution in [0.25, 0.3) is 0 Å². The van der Waals surface area contributed by atoms with Gasteiger partial charge in [0.15, 0.2) is 11.4 Å². The molecule has 0 aromatic carbocycles. The van der Waals surface area contributed by atoms with E-state index in [9.17, 15) is 0 Å². The monoisotopic (exact) mass is 155 g/mol. The molecular weight excluding hydrogens is 142 g/mol. The zero-order valence-electron chi connectivity index (χ0n) is 7.09. The highest BCUT2D eigenvalue weighted by Gasteiger charge is 2.30. The molecule has 11 heavy (non-hydrogen) atoms. The van der Waals surface area contributed by atoms with E-state index in [2.05, 4.69) is 11.7 Å². The highest BCUT2D eigenvalue weighted by atomic mass is 16.5. The van der Waals surface area contributed by atoms with Gasteiger partial charge in [-0.05, 0) is 20.4 Å². The SMILES string of the molecule is C=C1OC(C)(C)C(N)=NN1C. The Balaban J connectivity index is 2.95. The van der Waals surface area contributed by atoms with Gasteiger partial charge in [0.05, 0.1) is 0 Å². The third-order valence-electron chi connectivity index (χ3n) is 1.61. The average Bonchev–Trinajstić information content (AvgIpc) is 1.83. The molecule has 1 aliphatic heterocycles. The van der Waals surface area contributed by atoms with Gasteiger partial charge in [0.1, 0.15) is 0 Å². The Labute approximate surface area is 66.3 Å². The molecule has 0 fully saturated rings. The number of nitrogens with zero attached hydrogens (tertiary/aromatic N) is 2. The minimum absolute atomic E-state index is 0.465. The van der Waals surface area contributed by atoms with Crippen molar-refractivity contribution in [2.45, 2.75) is 19.4 Å². The molecule has 1 rings (SSSR count). The summed E-state index contributed by atoms with van der Waals surface area (Å²) >= 11 is 0. The molecule has 62 valence electrons. The first-order valence-electron chi connectivity index (χ1n) is 3.39. The summed E-state index contributed by atoms with van der Waals surface area (Å²) < 4.78 is 5.37. The van der Waals surface area contributed by atoms with Crippen LogP contribution < -0.4 is 5.73 Å². The van der Waals surface area contributed by atoms with E-state index in [1.54, 1.807) is 7.05 Å². The van der Waals surface area contributed by atoms with Crippen molar-refractivity contribution >= 4 is 5.84 Å². The van der Waals surface area contributed by atoms with Crippen LogP contribution >= 0.6 is 0 Å². The molecule has 0 amide bonds. The molecule has 0 aliphatic carbocycles. The third kappa shape index (κ3) is 1.29. The Morgan fingerprint density at radius 3 is 2.64 bits per heavy atom. The second-order valence-electron chi connectivity index (χ2n) is 3.01. The molecule has 0 radical (unpaired) electrons.